The van der Waals surface area contributed by atoms with E-state index in [0.717, 1.165) is 38.9 Å². The van der Waals surface area contributed by atoms with Gasteiger partial charge in [0.15, 0.2) is 0 Å². The third-order valence-electron chi connectivity index (χ3n) is 3.14. The summed E-state index contributed by atoms with van der Waals surface area (Å²) in [6.07, 6.45) is 2.88. The largest absolute Gasteiger partial charge is 0.497 e. The molecule has 0 fully saturated rings. The average molecular weight is 414 g/mol. The number of rotatable bonds is 6. The van der Waals surface area contributed by atoms with E-state index < -0.39 is 0 Å². The number of benzene rings is 1. The summed E-state index contributed by atoms with van der Waals surface area (Å²) in [7, 11) is 1.68. The predicted molar refractivity (Wildman–Crippen MR) is 92.8 cm³/mol. The smallest absolute Gasteiger partial charge is 0.119 e. The molecule has 0 bridgehead atoms. The molecule has 0 amide bonds. The van der Waals surface area contributed by atoms with E-state index >= 15 is 0 Å². The van der Waals surface area contributed by atoms with Crippen molar-refractivity contribution < 1.29 is 4.74 Å². The lowest BCUT2D eigenvalue weighted by atomic mass is 10.0. The molecule has 112 valence electrons. The van der Waals surface area contributed by atoms with E-state index in [-0.39, 0.29) is 6.04 Å². The highest BCUT2D eigenvalue weighted by Crippen LogP contribution is 2.30. The van der Waals surface area contributed by atoms with Crippen LogP contribution in [0.4, 0.5) is 0 Å². The van der Waals surface area contributed by atoms with Crippen LogP contribution < -0.4 is 10.1 Å². The van der Waals surface area contributed by atoms with E-state index in [0.29, 0.717) is 0 Å². The zero-order valence-corrected chi connectivity index (χ0v) is 15.2. The first-order valence-corrected chi connectivity index (χ1v) is 8.42. The first kappa shape index (κ1) is 16.5. The summed E-state index contributed by atoms with van der Waals surface area (Å²) < 4.78 is 7.26. The highest BCUT2D eigenvalue weighted by atomic mass is 79.9. The fourth-order valence-corrected chi connectivity index (χ4v) is 3.34. The first-order valence-electron chi connectivity index (χ1n) is 6.84. The van der Waals surface area contributed by atoms with E-state index in [1.165, 1.54) is 0 Å². The highest BCUT2D eigenvalue weighted by Gasteiger charge is 2.18. The van der Waals surface area contributed by atoms with Crippen molar-refractivity contribution >= 4 is 31.9 Å². The minimum absolute atomic E-state index is 0.0301. The molecule has 1 unspecified atom stereocenters. The molecule has 2 aromatic rings. The van der Waals surface area contributed by atoms with E-state index in [1.807, 2.05) is 30.5 Å². The minimum atomic E-state index is 0.0301. The van der Waals surface area contributed by atoms with Crippen LogP contribution in [0.5, 0.6) is 5.75 Å². The molecule has 0 radical (unpaired) electrons. The summed E-state index contributed by atoms with van der Waals surface area (Å²) >= 11 is 7.05. The summed E-state index contributed by atoms with van der Waals surface area (Å²) in [5, 5.41) is 3.55. The van der Waals surface area contributed by atoms with Gasteiger partial charge in [-0.2, -0.15) is 0 Å². The Kier molecular flexibility index (Phi) is 6.21. The molecule has 1 aromatic carbocycles. The summed E-state index contributed by atoms with van der Waals surface area (Å²) in [6.45, 7) is 3.08. The molecule has 0 aliphatic carbocycles. The van der Waals surface area contributed by atoms with Crippen molar-refractivity contribution in [3.05, 3.63) is 56.7 Å². The number of hydrogen-bond acceptors (Lipinski definition) is 3. The van der Waals surface area contributed by atoms with E-state index in [9.17, 15) is 0 Å². The fraction of sp³-hybridized carbons (Fsp3) is 0.312. The second-order valence-corrected chi connectivity index (χ2v) is 6.45. The van der Waals surface area contributed by atoms with Crippen molar-refractivity contribution in [3.8, 4) is 5.75 Å². The molecule has 0 aliphatic rings. The van der Waals surface area contributed by atoms with Crippen molar-refractivity contribution in [1.29, 1.82) is 0 Å². The Hall–Kier alpha value is -0.910. The molecule has 0 saturated heterocycles. The summed E-state index contributed by atoms with van der Waals surface area (Å²) in [6, 6.07) is 10.1. The Morgan fingerprint density at radius 3 is 2.76 bits per heavy atom. The number of halogens is 2. The van der Waals surface area contributed by atoms with E-state index in [2.05, 4.69) is 55.2 Å². The maximum Gasteiger partial charge on any atom is 0.119 e. The van der Waals surface area contributed by atoms with Crippen molar-refractivity contribution in [2.24, 2.45) is 0 Å². The van der Waals surface area contributed by atoms with Crippen LogP contribution in [-0.2, 0) is 0 Å². The molecule has 0 spiro atoms. The lowest BCUT2D eigenvalue weighted by Crippen LogP contribution is -2.24. The second-order valence-electron chi connectivity index (χ2n) is 4.68. The first-order chi connectivity index (χ1) is 10.2. The molecule has 3 nitrogen and oxygen atoms in total. The van der Waals surface area contributed by atoms with Crippen LogP contribution in [0.3, 0.4) is 0 Å². The molecule has 2 rings (SSSR count). The van der Waals surface area contributed by atoms with Crippen LogP contribution >= 0.6 is 31.9 Å². The number of hydrogen-bond donors (Lipinski definition) is 1. The van der Waals surface area contributed by atoms with Gasteiger partial charge >= 0.3 is 0 Å². The minimum Gasteiger partial charge on any atom is -0.497 e. The van der Waals surface area contributed by atoms with Gasteiger partial charge in [-0.3, -0.25) is 4.98 Å². The molecule has 0 aliphatic heterocycles. The van der Waals surface area contributed by atoms with Gasteiger partial charge in [0.25, 0.3) is 0 Å². The van der Waals surface area contributed by atoms with E-state index in [1.54, 1.807) is 7.11 Å². The van der Waals surface area contributed by atoms with Gasteiger partial charge in [-0.15, -0.1) is 0 Å². The fourth-order valence-electron chi connectivity index (χ4n) is 2.12. The summed E-state index contributed by atoms with van der Waals surface area (Å²) in [5.74, 6) is 0.851. The quantitative estimate of drug-likeness (QED) is 0.744. The number of methoxy groups -OCH3 is 1. The lowest BCUT2D eigenvalue weighted by Gasteiger charge is -2.20. The zero-order chi connectivity index (χ0) is 15.2. The third-order valence-corrected chi connectivity index (χ3v) is 4.20. The third kappa shape index (κ3) is 4.28. The van der Waals surface area contributed by atoms with Gasteiger partial charge in [0.2, 0.25) is 0 Å². The normalized spacial score (nSPS) is 12.2. The maximum absolute atomic E-state index is 5.33. The van der Waals surface area contributed by atoms with Gasteiger partial charge in [0, 0.05) is 15.1 Å². The maximum atomic E-state index is 5.33. The highest BCUT2D eigenvalue weighted by molar-refractivity contribution is 9.11. The standard InChI is InChI=1S/C16H18Br2N2O/c1-3-7-19-15(11-5-4-6-13(8-11)21-2)16-14(18)9-12(17)10-20-16/h4-6,8-10,15,19H,3,7H2,1-2H3. The zero-order valence-electron chi connectivity index (χ0n) is 12.1. The Labute approximate surface area is 142 Å². The van der Waals surface area contributed by atoms with Crippen molar-refractivity contribution in [2.45, 2.75) is 19.4 Å². The monoisotopic (exact) mass is 412 g/mol. The predicted octanol–water partition coefficient (Wildman–Crippen LogP) is 4.70. The molecular weight excluding hydrogens is 396 g/mol. The van der Waals surface area contributed by atoms with Crippen LogP contribution in [0.2, 0.25) is 0 Å². The molecular formula is C16H18Br2N2O. The number of aromatic nitrogens is 1. The van der Waals surface area contributed by atoms with Crippen molar-refractivity contribution in [3.63, 3.8) is 0 Å². The average Bonchev–Trinajstić information content (AvgIpc) is 2.49. The number of pyridine rings is 1. The number of nitrogens with one attached hydrogen (secondary N) is 1. The molecule has 0 saturated carbocycles. The summed E-state index contributed by atoms with van der Waals surface area (Å²) in [5.41, 5.74) is 2.11. The molecule has 1 aromatic heterocycles. The van der Waals surface area contributed by atoms with Crippen LogP contribution in [0.1, 0.15) is 30.6 Å². The lowest BCUT2D eigenvalue weighted by molar-refractivity contribution is 0.413. The van der Waals surface area contributed by atoms with Crippen LogP contribution in [0.15, 0.2) is 45.5 Å². The Morgan fingerprint density at radius 2 is 2.10 bits per heavy atom. The van der Waals surface area contributed by atoms with Gasteiger partial charge in [0.05, 0.1) is 18.8 Å². The van der Waals surface area contributed by atoms with Crippen LogP contribution in [-0.4, -0.2) is 18.6 Å². The van der Waals surface area contributed by atoms with Gasteiger partial charge in [-0.1, -0.05) is 19.1 Å². The molecule has 1 heterocycles. The van der Waals surface area contributed by atoms with Crippen LogP contribution in [0.25, 0.3) is 0 Å². The van der Waals surface area contributed by atoms with Crippen molar-refractivity contribution in [1.82, 2.24) is 10.3 Å². The molecule has 1 atom stereocenters. The van der Waals surface area contributed by atoms with Crippen molar-refractivity contribution in [2.75, 3.05) is 13.7 Å². The summed E-state index contributed by atoms with van der Waals surface area (Å²) in [4.78, 5) is 4.57. The Bertz CT molecular complexity index is 605. The SMILES string of the molecule is CCCNC(c1cccc(OC)c1)c1ncc(Br)cc1Br. The molecule has 1 N–H and O–H groups in total. The topological polar surface area (TPSA) is 34.1 Å². The number of ether oxygens (including phenoxy) is 1. The Morgan fingerprint density at radius 1 is 1.29 bits per heavy atom. The molecule has 21 heavy (non-hydrogen) atoms. The van der Waals surface area contributed by atoms with Gasteiger partial charge in [0.1, 0.15) is 5.75 Å². The Balaban J connectivity index is 2.41. The molecule has 5 heteroatoms. The van der Waals surface area contributed by atoms with Gasteiger partial charge < -0.3 is 10.1 Å². The van der Waals surface area contributed by atoms with Crippen LogP contribution in [0, 0.1) is 0 Å². The second kappa shape index (κ2) is 7.92. The van der Waals surface area contributed by atoms with E-state index in [4.69, 9.17) is 4.74 Å². The number of nitrogens with zero attached hydrogens (tertiary/aromatic N) is 1. The van der Waals surface area contributed by atoms with Gasteiger partial charge in [-0.25, -0.2) is 0 Å². The van der Waals surface area contributed by atoms with Gasteiger partial charge in [-0.05, 0) is 68.6 Å².